The van der Waals surface area contributed by atoms with Crippen molar-refractivity contribution in [2.75, 3.05) is 6.54 Å². The van der Waals surface area contributed by atoms with Gasteiger partial charge in [-0.15, -0.1) is 0 Å². The number of carbonyl (C=O) groups is 1. The average molecular weight is 301 g/mol. The molecule has 0 aliphatic rings. The number of rotatable bonds is 6. The Bertz CT molecular complexity index is 719. The Morgan fingerprint density at radius 2 is 2.14 bits per heavy atom. The first-order valence-corrected chi connectivity index (χ1v) is 7.70. The normalized spacial score (nSPS) is 11.1. The molecule has 2 aromatic rings. The van der Waals surface area contributed by atoms with Gasteiger partial charge >= 0.3 is 0 Å². The van der Waals surface area contributed by atoms with Gasteiger partial charge in [0.2, 0.25) is 5.91 Å². The molecule has 0 aliphatic carbocycles. The number of carbonyl (C=O) groups excluding carboxylic acids is 1. The van der Waals surface area contributed by atoms with E-state index >= 15 is 0 Å². The topological polar surface area (TPSA) is 64.0 Å². The van der Waals surface area contributed by atoms with Crippen LogP contribution in [0.2, 0.25) is 0 Å². The van der Waals surface area contributed by atoms with Crippen LogP contribution in [0.4, 0.5) is 0 Å². The minimum absolute atomic E-state index is 0.0113. The monoisotopic (exact) mass is 301 g/mol. The number of hydrogen-bond donors (Lipinski definition) is 1. The molecular formula is C17H23N3O2. The van der Waals surface area contributed by atoms with Gasteiger partial charge in [-0.3, -0.25) is 14.2 Å². The van der Waals surface area contributed by atoms with E-state index in [9.17, 15) is 9.59 Å². The minimum atomic E-state index is -0.175. The van der Waals surface area contributed by atoms with Crippen molar-refractivity contribution in [3.63, 3.8) is 0 Å². The lowest BCUT2D eigenvalue weighted by atomic mass is 10.1. The van der Waals surface area contributed by atoms with Crippen molar-refractivity contribution < 1.29 is 4.79 Å². The summed E-state index contributed by atoms with van der Waals surface area (Å²) in [4.78, 5) is 28.6. The number of nitrogens with one attached hydrogen (secondary N) is 1. The summed E-state index contributed by atoms with van der Waals surface area (Å²) in [5.41, 5.74) is 1.48. The van der Waals surface area contributed by atoms with E-state index in [0.29, 0.717) is 23.4 Å². The van der Waals surface area contributed by atoms with E-state index in [-0.39, 0.29) is 18.0 Å². The maximum Gasteiger partial charge on any atom is 0.261 e. The molecule has 1 N–H and O–H groups in total. The standard InChI is InChI=1S/C17H23N3O2/c1-12(2)6-5-9-18-15(21)10-20-11-19-16-13(3)7-4-8-14(16)17(20)22/h4,7-8,11-12H,5-6,9-10H2,1-3H3,(H,18,21). The summed E-state index contributed by atoms with van der Waals surface area (Å²) in [7, 11) is 0. The molecule has 0 radical (unpaired) electrons. The first kappa shape index (κ1) is 16.2. The Kier molecular flexibility index (Phi) is 5.31. The number of nitrogens with zero attached hydrogens (tertiary/aromatic N) is 2. The van der Waals surface area contributed by atoms with Gasteiger partial charge in [0.1, 0.15) is 6.54 Å². The molecule has 0 unspecified atom stereocenters. The highest BCUT2D eigenvalue weighted by Crippen LogP contribution is 2.11. The number of fused-ring (bicyclic) bond motifs is 1. The molecular weight excluding hydrogens is 278 g/mol. The summed E-state index contributed by atoms with van der Waals surface area (Å²) < 4.78 is 1.36. The highest BCUT2D eigenvalue weighted by Gasteiger charge is 2.09. The van der Waals surface area contributed by atoms with Gasteiger partial charge in [0.15, 0.2) is 0 Å². The van der Waals surface area contributed by atoms with Gasteiger partial charge in [-0.25, -0.2) is 4.98 Å². The van der Waals surface area contributed by atoms with Crippen LogP contribution in [-0.2, 0) is 11.3 Å². The lowest BCUT2D eigenvalue weighted by Gasteiger charge is -2.09. The fourth-order valence-electron chi connectivity index (χ4n) is 2.40. The first-order valence-electron chi connectivity index (χ1n) is 7.70. The molecule has 0 saturated heterocycles. The quantitative estimate of drug-likeness (QED) is 0.832. The molecule has 0 spiro atoms. The van der Waals surface area contributed by atoms with Crippen LogP contribution >= 0.6 is 0 Å². The van der Waals surface area contributed by atoms with E-state index in [1.54, 1.807) is 6.07 Å². The molecule has 0 saturated carbocycles. The van der Waals surface area contributed by atoms with E-state index in [1.807, 2.05) is 19.1 Å². The zero-order chi connectivity index (χ0) is 16.1. The van der Waals surface area contributed by atoms with Gasteiger partial charge in [-0.05, 0) is 37.3 Å². The highest BCUT2D eigenvalue weighted by atomic mass is 16.2. The van der Waals surface area contributed by atoms with Crippen LogP contribution in [0.15, 0.2) is 29.3 Å². The van der Waals surface area contributed by atoms with Crippen LogP contribution in [-0.4, -0.2) is 22.0 Å². The van der Waals surface area contributed by atoms with E-state index < -0.39 is 0 Å². The van der Waals surface area contributed by atoms with Crippen molar-refractivity contribution in [3.8, 4) is 0 Å². The smallest absolute Gasteiger partial charge is 0.261 e. The molecule has 0 atom stereocenters. The third kappa shape index (κ3) is 3.93. The van der Waals surface area contributed by atoms with Gasteiger partial charge in [-0.2, -0.15) is 0 Å². The number of aromatic nitrogens is 2. The minimum Gasteiger partial charge on any atom is -0.355 e. The lowest BCUT2D eigenvalue weighted by Crippen LogP contribution is -2.33. The van der Waals surface area contributed by atoms with Crippen LogP contribution < -0.4 is 10.9 Å². The molecule has 0 fully saturated rings. The van der Waals surface area contributed by atoms with E-state index in [4.69, 9.17) is 0 Å². The highest BCUT2D eigenvalue weighted by molar-refractivity contribution is 5.81. The van der Waals surface area contributed by atoms with Crippen molar-refractivity contribution in [1.82, 2.24) is 14.9 Å². The predicted octanol–water partition coefficient (Wildman–Crippen LogP) is 2.26. The average Bonchev–Trinajstić information content (AvgIpc) is 2.47. The van der Waals surface area contributed by atoms with Gasteiger partial charge in [0.25, 0.3) is 5.56 Å². The van der Waals surface area contributed by atoms with Crippen LogP contribution in [0.1, 0.15) is 32.3 Å². The summed E-state index contributed by atoms with van der Waals surface area (Å²) >= 11 is 0. The molecule has 2 rings (SSSR count). The SMILES string of the molecule is Cc1cccc2c(=O)n(CC(=O)NCCCC(C)C)cnc12. The van der Waals surface area contributed by atoms with Crippen LogP contribution in [0.25, 0.3) is 10.9 Å². The van der Waals surface area contributed by atoms with Gasteiger partial charge in [0, 0.05) is 6.54 Å². The van der Waals surface area contributed by atoms with Gasteiger partial charge < -0.3 is 5.32 Å². The van der Waals surface area contributed by atoms with Crippen LogP contribution in [0, 0.1) is 12.8 Å². The Morgan fingerprint density at radius 1 is 1.36 bits per heavy atom. The summed E-state index contributed by atoms with van der Waals surface area (Å²) in [5.74, 6) is 0.479. The molecule has 118 valence electrons. The maximum atomic E-state index is 12.4. The number of aryl methyl sites for hydroxylation is 1. The third-order valence-corrected chi connectivity index (χ3v) is 3.65. The van der Waals surface area contributed by atoms with E-state index in [2.05, 4.69) is 24.1 Å². The summed E-state index contributed by atoms with van der Waals surface area (Å²) in [6.45, 7) is 6.89. The second kappa shape index (κ2) is 7.20. The summed E-state index contributed by atoms with van der Waals surface area (Å²) in [6.07, 6.45) is 3.48. The Hall–Kier alpha value is -2.17. The molecule has 22 heavy (non-hydrogen) atoms. The number of amides is 1. The van der Waals surface area contributed by atoms with Crippen molar-refractivity contribution in [3.05, 3.63) is 40.4 Å². The van der Waals surface area contributed by atoms with Crippen molar-refractivity contribution in [2.45, 2.75) is 40.2 Å². The second-order valence-corrected chi connectivity index (χ2v) is 6.03. The lowest BCUT2D eigenvalue weighted by molar-refractivity contribution is -0.121. The molecule has 1 heterocycles. The molecule has 1 aromatic carbocycles. The molecule has 1 aromatic heterocycles. The van der Waals surface area contributed by atoms with Crippen molar-refractivity contribution >= 4 is 16.8 Å². The number of hydrogen-bond acceptors (Lipinski definition) is 3. The Morgan fingerprint density at radius 3 is 2.86 bits per heavy atom. The summed E-state index contributed by atoms with van der Waals surface area (Å²) in [6, 6.07) is 5.49. The zero-order valence-corrected chi connectivity index (χ0v) is 13.4. The fourth-order valence-corrected chi connectivity index (χ4v) is 2.40. The predicted molar refractivity (Wildman–Crippen MR) is 87.8 cm³/mol. The fraction of sp³-hybridized carbons (Fsp3) is 0.471. The van der Waals surface area contributed by atoms with Crippen LogP contribution in [0.5, 0.6) is 0 Å². The molecule has 5 heteroatoms. The van der Waals surface area contributed by atoms with Crippen molar-refractivity contribution in [2.24, 2.45) is 5.92 Å². The van der Waals surface area contributed by atoms with Gasteiger partial charge in [-0.1, -0.05) is 26.0 Å². The molecule has 0 aliphatic heterocycles. The Balaban J connectivity index is 2.04. The van der Waals surface area contributed by atoms with Crippen molar-refractivity contribution in [1.29, 1.82) is 0 Å². The van der Waals surface area contributed by atoms with Crippen LogP contribution in [0.3, 0.4) is 0 Å². The molecule has 5 nitrogen and oxygen atoms in total. The van der Waals surface area contributed by atoms with E-state index in [0.717, 1.165) is 18.4 Å². The molecule has 1 amide bonds. The van der Waals surface area contributed by atoms with E-state index in [1.165, 1.54) is 10.9 Å². The number of para-hydroxylation sites is 1. The third-order valence-electron chi connectivity index (χ3n) is 3.65. The second-order valence-electron chi connectivity index (χ2n) is 6.03. The number of benzene rings is 1. The van der Waals surface area contributed by atoms with Gasteiger partial charge in [0.05, 0.1) is 17.2 Å². The zero-order valence-electron chi connectivity index (χ0n) is 13.4. The molecule has 0 bridgehead atoms. The summed E-state index contributed by atoms with van der Waals surface area (Å²) in [5, 5.41) is 3.40. The first-order chi connectivity index (χ1) is 10.5. The Labute approximate surface area is 130 Å². The maximum absolute atomic E-state index is 12.4. The largest absolute Gasteiger partial charge is 0.355 e.